The first-order valence-corrected chi connectivity index (χ1v) is 11.7. The summed E-state index contributed by atoms with van der Waals surface area (Å²) in [6, 6.07) is 7.89. The van der Waals surface area contributed by atoms with E-state index in [4.69, 9.17) is 0 Å². The van der Waals surface area contributed by atoms with Crippen LogP contribution in [-0.4, -0.2) is 45.2 Å². The summed E-state index contributed by atoms with van der Waals surface area (Å²) in [4.78, 5) is 1.89. The summed E-state index contributed by atoms with van der Waals surface area (Å²) in [5.74, 6) is 0. The molecule has 12 heteroatoms. The monoisotopic (exact) mass is 484 g/mol. The molecule has 31 heavy (non-hydrogen) atoms. The lowest BCUT2D eigenvalue weighted by Gasteiger charge is -2.36. The molecule has 2 aromatic rings. The fourth-order valence-electron chi connectivity index (χ4n) is 3.28. The molecular weight excluding hydrogens is 466 g/mol. The number of para-hydroxylation sites is 1. The highest BCUT2D eigenvalue weighted by atomic mass is 32.2. The Balaban J connectivity index is 1.89. The van der Waals surface area contributed by atoms with Crippen molar-refractivity contribution in [2.75, 3.05) is 37.3 Å². The van der Waals surface area contributed by atoms with Gasteiger partial charge in [-0.3, -0.25) is 0 Å². The Hall–Kier alpha value is -1.92. The molecule has 1 aliphatic rings. The van der Waals surface area contributed by atoms with Gasteiger partial charge in [0.1, 0.15) is 0 Å². The summed E-state index contributed by atoms with van der Waals surface area (Å²) in [6.45, 7) is 0.370. The van der Waals surface area contributed by atoms with E-state index in [1.165, 1.54) is 11.8 Å². The van der Waals surface area contributed by atoms with Crippen molar-refractivity contribution in [1.29, 1.82) is 0 Å². The maximum Gasteiger partial charge on any atom is 0.416 e. The van der Waals surface area contributed by atoms with Gasteiger partial charge in [0.25, 0.3) is 0 Å². The maximum absolute atomic E-state index is 13.1. The van der Waals surface area contributed by atoms with E-state index in [2.05, 4.69) is 0 Å². The van der Waals surface area contributed by atoms with E-state index < -0.39 is 38.4 Å². The Bertz CT molecular complexity index is 1010. The van der Waals surface area contributed by atoms with E-state index >= 15 is 0 Å². The minimum absolute atomic E-state index is 0.0668. The minimum Gasteiger partial charge on any atom is -0.368 e. The Labute approximate surface area is 179 Å². The number of hydrogen-bond acceptors (Lipinski definition) is 4. The second-order valence-electron chi connectivity index (χ2n) is 6.80. The molecule has 0 bridgehead atoms. The van der Waals surface area contributed by atoms with Gasteiger partial charge in [0.05, 0.1) is 21.7 Å². The molecule has 3 rings (SSSR count). The van der Waals surface area contributed by atoms with Crippen molar-refractivity contribution in [2.45, 2.75) is 22.1 Å². The average molecular weight is 484 g/mol. The second-order valence-corrected chi connectivity index (χ2v) is 9.59. The van der Waals surface area contributed by atoms with Crippen molar-refractivity contribution in [3.05, 3.63) is 53.6 Å². The molecule has 2 aromatic carbocycles. The zero-order chi connectivity index (χ0) is 23.0. The van der Waals surface area contributed by atoms with Crippen molar-refractivity contribution in [1.82, 2.24) is 4.31 Å². The Morgan fingerprint density at radius 1 is 0.839 bits per heavy atom. The predicted octanol–water partition coefficient (Wildman–Crippen LogP) is 4.96. The van der Waals surface area contributed by atoms with Gasteiger partial charge < -0.3 is 4.90 Å². The molecule has 1 heterocycles. The van der Waals surface area contributed by atoms with Crippen LogP contribution in [0.3, 0.4) is 0 Å². The number of thioether (sulfide) groups is 1. The van der Waals surface area contributed by atoms with Gasteiger partial charge >= 0.3 is 12.4 Å². The number of rotatable bonds is 4. The number of benzene rings is 2. The molecule has 0 unspecified atom stereocenters. The summed E-state index contributed by atoms with van der Waals surface area (Å²) in [5, 5.41) is 0. The Morgan fingerprint density at radius 3 is 1.84 bits per heavy atom. The van der Waals surface area contributed by atoms with Crippen molar-refractivity contribution in [3.63, 3.8) is 0 Å². The Kier molecular flexibility index (Phi) is 6.55. The fraction of sp³-hybridized carbons (Fsp3) is 0.368. The zero-order valence-electron chi connectivity index (χ0n) is 16.2. The number of anilines is 1. The smallest absolute Gasteiger partial charge is 0.368 e. The van der Waals surface area contributed by atoms with Crippen LogP contribution in [0.15, 0.2) is 52.3 Å². The Morgan fingerprint density at radius 2 is 1.35 bits per heavy atom. The van der Waals surface area contributed by atoms with Crippen LogP contribution in [0.4, 0.5) is 32.0 Å². The van der Waals surface area contributed by atoms with E-state index in [1.54, 1.807) is 0 Å². The molecule has 4 nitrogen and oxygen atoms in total. The zero-order valence-corrected chi connectivity index (χ0v) is 17.8. The van der Waals surface area contributed by atoms with E-state index in [9.17, 15) is 34.8 Å². The molecule has 0 aromatic heterocycles. The first kappa shape index (κ1) is 23.7. The highest BCUT2D eigenvalue weighted by molar-refractivity contribution is 7.98. The van der Waals surface area contributed by atoms with E-state index in [-0.39, 0.29) is 44.4 Å². The standard InChI is InChI=1S/C19H18F6N2O2S2/c1-30-17-5-3-2-4-16(17)26-6-8-27(9-7-26)31(28,29)15-11-13(18(20,21)22)10-14(12-15)19(23,24)25/h2-5,10-12H,6-9H2,1H3. The average Bonchev–Trinajstić information content (AvgIpc) is 2.72. The van der Waals surface area contributed by atoms with Crippen molar-refractivity contribution in [2.24, 2.45) is 0 Å². The highest BCUT2D eigenvalue weighted by Gasteiger charge is 2.39. The second kappa shape index (κ2) is 8.55. The minimum atomic E-state index is -5.12. The van der Waals surface area contributed by atoms with Crippen LogP contribution in [0.1, 0.15) is 11.1 Å². The number of halogens is 6. The molecule has 0 saturated carbocycles. The molecule has 0 radical (unpaired) electrons. The first-order valence-electron chi connectivity index (χ1n) is 9.01. The lowest BCUT2D eigenvalue weighted by molar-refractivity contribution is -0.143. The van der Waals surface area contributed by atoms with Crippen molar-refractivity contribution in [3.8, 4) is 0 Å². The molecule has 0 aliphatic carbocycles. The van der Waals surface area contributed by atoms with Crippen LogP contribution in [-0.2, 0) is 22.4 Å². The fourth-order valence-corrected chi connectivity index (χ4v) is 5.40. The van der Waals surface area contributed by atoms with Gasteiger partial charge in [0.15, 0.2) is 0 Å². The van der Waals surface area contributed by atoms with Crippen LogP contribution < -0.4 is 4.90 Å². The third-order valence-corrected chi connectivity index (χ3v) is 7.52. The number of piperazine rings is 1. The van der Waals surface area contributed by atoms with E-state index in [1.807, 2.05) is 35.4 Å². The summed E-state index contributed by atoms with van der Waals surface area (Å²) in [6.07, 6.45) is -8.34. The molecular formula is C19H18F6N2O2S2. The largest absolute Gasteiger partial charge is 0.416 e. The summed E-state index contributed by atoms with van der Waals surface area (Å²) in [7, 11) is -4.55. The molecule has 0 N–H and O–H groups in total. The van der Waals surface area contributed by atoms with Gasteiger partial charge in [-0.15, -0.1) is 11.8 Å². The number of alkyl halides is 6. The lowest BCUT2D eigenvalue weighted by atomic mass is 10.1. The lowest BCUT2D eigenvalue weighted by Crippen LogP contribution is -2.48. The van der Waals surface area contributed by atoms with Crippen LogP contribution >= 0.6 is 11.8 Å². The van der Waals surface area contributed by atoms with E-state index in [0.717, 1.165) is 14.9 Å². The van der Waals surface area contributed by atoms with Gasteiger partial charge in [0.2, 0.25) is 10.0 Å². The quantitative estimate of drug-likeness (QED) is 0.455. The molecule has 0 atom stereocenters. The first-order chi connectivity index (χ1) is 14.3. The van der Waals surface area contributed by atoms with Crippen LogP contribution in [0, 0.1) is 0 Å². The molecule has 170 valence electrons. The van der Waals surface area contributed by atoms with Crippen LogP contribution in [0.2, 0.25) is 0 Å². The SMILES string of the molecule is CSc1ccccc1N1CCN(S(=O)(=O)c2cc(C(F)(F)F)cc(C(F)(F)F)c2)CC1. The topological polar surface area (TPSA) is 40.6 Å². The molecule has 0 amide bonds. The third-order valence-electron chi connectivity index (χ3n) is 4.86. The highest BCUT2D eigenvalue weighted by Crippen LogP contribution is 2.38. The summed E-state index contributed by atoms with van der Waals surface area (Å²) >= 11 is 1.51. The van der Waals surface area contributed by atoms with Gasteiger partial charge in [-0.25, -0.2) is 8.42 Å². The van der Waals surface area contributed by atoms with Crippen LogP contribution in [0.5, 0.6) is 0 Å². The normalized spacial score (nSPS) is 16.5. The maximum atomic E-state index is 13.1. The van der Waals surface area contributed by atoms with Crippen LogP contribution in [0.25, 0.3) is 0 Å². The third kappa shape index (κ3) is 5.12. The van der Waals surface area contributed by atoms with Crippen molar-refractivity contribution < 1.29 is 34.8 Å². The van der Waals surface area contributed by atoms with Gasteiger partial charge in [-0.05, 0) is 36.6 Å². The van der Waals surface area contributed by atoms with E-state index in [0.29, 0.717) is 0 Å². The summed E-state index contributed by atoms with van der Waals surface area (Å²) < 4.78 is 105. The number of sulfonamides is 1. The number of nitrogens with zero attached hydrogens (tertiary/aromatic N) is 2. The molecule has 1 aliphatic heterocycles. The molecule has 0 spiro atoms. The van der Waals surface area contributed by atoms with Gasteiger partial charge in [-0.2, -0.15) is 30.6 Å². The summed E-state index contributed by atoms with van der Waals surface area (Å²) in [5.41, 5.74) is -2.42. The molecule has 1 fully saturated rings. The predicted molar refractivity (Wildman–Crippen MR) is 106 cm³/mol. The molecule has 1 saturated heterocycles. The van der Waals surface area contributed by atoms with Gasteiger partial charge in [-0.1, -0.05) is 12.1 Å². The van der Waals surface area contributed by atoms with Crippen molar-refractivity contribution >= 4 is 27.5 Å². The van der Waals surface area contributed by atoms with Gasteiger partial charge in [0, 0.05) is 31.1 Å². The number of hydrogen-bond donors (Lipinski definition) is 0.